The van der Waals surface area contributed by atoms with Gasteiger partial charge < -0.3 is 5.11 Å². The van der Waals surface area contributed by atoms with Crippen molar-refractivity contribution in [2.75, 3.05) is 0 Å². The third-order valence-corrected chi connectivity index (χ3v) is 6.10. The molecule has 3 rings (SSSR count). The zero-order valence-electron chi connectivity index (χ0n) is 19.6. The molecule has 0 aliphatic heterocycles. The number of rotatable bonds is 12. The van der Waals surface area contributed by atoms with E-state index in [9.17, 15) is 18.3 Å². The van der Waals surface area contributed by atoms with Gasteiger partial charge >= 0.3 is 6.18 Å². The van der Waals surface area contributed by atoms with Crippen LogP contribution in [0.4, 0.5) is 13.2 Å². The van der Waals surface area contributed by atoms with Gasteiger partial charge in [-0.3, -0.25) is 0 Å². The number of fused-ring (bicyclic) bond motifs is 1. The summed E-state index contributed by atoms with van der Waals surface area (Å²) in [5, 5.41) is 19.1. The summed E-state index contributed by atoms with van der Waals surface area (Å²) in [4.78, 5) is 1.35. The predicted molar refractivity (Wildman–Crippen MR) is 126 cm³/mol. The number of aryl methyl sites for hydroxylation is 2. The van der Waals surface area contributed by atoms with Crippen molar-refractivity contribution in [1.82, 2.24) is 15.0 Å². The second-order valence-electron chi connectivity index (χ2n) is 8.89. The van der Waals surface area contributed by atoms with Crippen LogP contribution in [0.3, 0.4) is 0 Å². The number of hydrogen-bond acceptors (Lipinski definition) is 3. The van der Waals surface area contributed by atoms with Crippen molar-refractivity contribution in [3.63, 3.8) is 0 Å². The van der Waals surface area contributed by atoms with E-state index >= 15 is 0 Å². The molecule has 2 aromatic carbocycles. The Morgan fingerprint density at radius 1 is 0.818 bits per heavy atom. The molecule has 0 aliphatic rings. The summed E-state index contributed by atoms with van der Waals surface area (Å²) in [6.45, 7) is 4.04. The topological polar surface area (TPSA) is 50.9 Å². The van der Waals surface area contributed by atoms with E-state index in [1.165, 1.54) is 62.2 Å². The van der Waals surface area contributed by atoms with Crippen LogP contribution in [-0.2, 0) is 12.6 Å². The molecule has 0 spiro atoms. The summed E-state index contributed by atoms with van der Waals surface area (Å²) in [5.41, 5.74) is 1.99. The summed E-state index contributed by atoms with van der Waals surface area (Å²) in [6.07, 6.45) is 8.76. The van der Waals surface area contributed by atoms with Crippen molar-refractivity contribution >= 4 is 11.0 Å². The van der Waals surface area contributed by atoms with Crippen LogP contribution >= 0.6 is 0 Å². The fourth-order valence-corrected chi connectivity index (χ4v) is 4.15. The standard InChI is InChI=1S/C26H34F3N3O/c1-3-4-5-6-7-8-9-10-11-12-13-20-17-22(16-19(2)25(20)33)32-30-23-15-14-21(26(27,28)29)18-24(23)31-32/h14-18,33H,3-13H2,1-2H3. The Kier molecular flexibility index (Phi) is 8.75. The van der Waals surface area contributed by atoms with Crippen LogP contribution in [0.5, 0.6) is 5.75 Å². The molecule has 0 radical (unpaired) electrons. The molecule has 0 amide bonds. The molecule has 4 nitrogen and oxygen atoms in total. The number of halogens is 3. The fraction of sp³-hybridized carbons (Fsp3) is 0.538. The molecule has 1 aromatic heterocycles. The molecule has 1 heterocycles. The van der Waals surface area contributed by atoms with Gasteiger partial charge in [0, 0.05) is 0 Å². The van der Waals surface area contributed by atoms with E-state index in [2.05, 4.69) is 17.1 Å². The number of phenols is 1. The van der Waals surface area contributed by atoms with E-state index < -0.39 is 11.7 Å². The van der Waals surface area contributed by atoms with Gasteiger partial charge in [0.05, 0.1) is 11.3 Å². The number of aromatic nitrogens is 3. The van der Waals surface area contributed by atoms with Gasteiger partial charge in [-0.15, -0.1) is 10.2 Å². The summed E-state index contributed by atoms with van der Waals surface area (Å²) >= 11 is 0. The van der Waals surface area contributed by atoms with Crippen molar-refractivity contribution in [3.8, 4) is 11.4 Å². The number of alkyl halides is 3. The van der Waals surface area contributed by atoms with Gasteiger partial charge in [0.2, 0.25) is 0 Å². The predicted octanol–water partition coefficient (Wildman–Crippen LogP) is 7.92. The summed E-state index contributed by atoms with van der Waals surface area (Å²) in [5.74, 6) is 0.269. The van der Waals surface area contributed by atoms with Crippen LogP contribution < -0.4 is 0 Å². The first-order chi connectivity index (χ1) is 15.8. The lowest BCUT2D eigenvalue weighted by molar-refractivity contribution is -0.137. The van der Waals surface area contributed by atoms with Crippen LogP contribution in [0.15, 0.2) is 30.3 Å². The summed E-state index contributed by atoms with van der Waals surface area (Å²) < 4.78 is 39.0. The Morgan fingerprint density at radius 2 is 1.42 bits per heavy atom. The van der Waals surface area contributed by atoms with Crippen LogP contribution in [-0.4, -0.2) is 20.1 Å². The fourth-order valence-electron chi connectivity index (χ4n) is 4.15. The zero-order valence-corrected chi connectivity index (χ0v) is 19.6. The average molecular weight is 462 g/mol. The second kappa shape index (κ2) is 11.5. The van der Waals surface area contributed by atoms with E-state index in [0.29, 0.717) is 16.8 Å². The van der Waals surface area contributed by atoms with E-state index in [-0.39, 0.29) is 11.3 Å². The normalized spacial score (nSPS) is 12.0. The van der Waals surface area contributed by atoms with Gasteiger partial charge in [-0.1, -0.05) is 64.7 Å². The second-order valence-corrected chi connectivity index (χ2v) is 8.89. The first-order valence-corrected chi connectivity index (χ1v) is 12.1. The lowest BCUT2D eigenvalue weighted by Gasteiger charge is -2.10. The highest BCUT2D eigenvalue weighted by Crippen LogP contribution is 2.31. The summed E-state index contributed by atoms with van der Waals surface area (Å²) in [7, 11) is 0. The quantitative estimate of drug-likeness (QED) is 0.279. The largest absolute Gasteiger partial charge is 0.507 e. The van der Waals surface area contributed by atoms with Gasteiger partial charge in [-0.05, 0) is 61.2 Å². The van der Waals surface area contributed by atoms with Crippen LogP contribution in [0.2, 0.25) is 0 Å². The first-order valence-electron chi connectivity index (χ1n) is 12.1. The Hall–Kier alpha value is -2.57. The molecule has 33 heavy (non-hydrogen) atoms. The Morgan fingerprint density at radius 3 is 2.06 bits per heavy atom. The molecule has 0 fully saturated rings. The highest BCUT2D eigenvalue weighted by molar-refractivity contribution is 5.75. The Labute approximate surface area is 193 Å². The molecular weight excluding hydrogens is 427 g/mol. The maximum atomic E-state index is 13.0. The highest BCUT2D eigenvalue weighted by Gasteiger charge is 2.31. The maximum absolute atomic E-state index is 13.0. The van der Waals surface area contributed by atoms with E-state index in [1.807, 2.05) is 13.0 Å². The van der Waals surface area contributed by atoms with Crippen LogP contribution in [0, 0.1) is 6.92 Å². The van der Waals surface area contributed by atoms with E-state index in [4.69, 9.17) is 0 Å². The molecule has 3 aromatic rings. The van der Waals surface area contributed by atoms with Crippen molar-refractivity contribution in [1.29, 1.82) is 0 Å². The van der Waals surface area contributed by atoms with Crippen molar-refractivity contribution in [3.05, 3.63) is 47.0 Å². The van der Waals surface area contributed by atoms with Gasteiger partial charge in [0.1, 0.15) is 16.8 Å². The highest BCUT2D eigenvalue weighted by atomic mass is 19.4. The smallest absolute Gasteiger partial charge is 0.416 e. The molecule has 0 aliphatic carbocycles. The minimum atomic E-state index is -4.42. The van der Waals surface area contributed by atoms with Crippen LogP contribution in [0.1, 0.15) is 87.8 Å². The minimum absolute atomic E-state index is 0.187. The minimum Gasteiger partial charge on any atom is -0.507 e. The Bertz CT molecular complexity index is 1040. The summed E-state index contributed by atoms with van der Waals surface area (Å²) in [6, 6.07) is 6.94. The third-order valence-electron chi connectivity index (χ3n) is 6.10. The van der Waals surface area contributed by atoms with Crippen molar-refractivity contribution in [2.45, 2.75) is 90.7 Å². The SMILES string of the molecule is CCCCCCCCCCCCc1cc(-n2nc3ccc(C(F)(F)F)cc3n2)cc(C)c1O. The molecule has 0 atom stereocenters. The third kappa shape index (κ3) is 6.95. The molecule has 0 saturated heterocycles. The molecule has 0 saturated carbocycles. The molecule has 0 unspecified atom stereocenters. The van der Waals surface area contributed by atoms with E-state index in [1.54, 1.807) is 6.07 Å². The maximum Gasteiger partial charge on any atom is 0.416 e. The number of nitrogens with zero attached hydrogens (tertiary/aromatic N) is 3. The number of aromatic hydroxyl groups is 1. The molecular formula is C26H34F3N3O. The lowest BCUT2D eigenvalue weighted by atomic mass is 10.0. The number of phenolic OH excluding ortho intramolecular Hbond substituents is 1. The van der Waals surface area contributed by atoms with Crippen LogP contribution in [0.25, 0.3) is 16.7 Å². The van der Waals surface area contributed by atoms with Gasteiger partial charge in [-0.2, -0.15) is 18.0 Å². The average Bonchev–Trinajstić information content (AvgIpc) is 3.20. The zero-order chi connectivity index (χ0) is 23.8. The van der Waals surface area contributed by atoms with Gasteiger partial charge in [0.15, 0.2) is 0 Å². The van der Waals surface area contributed by atoms with Gasteiger partial charge in [-0.25, -0.2) is 0 Å². The number of benzene rings is 2. The lowest BCUT2D eigenvalue weighted by Crippen LogP contribution is -2.04. The van der Waals surface area contributed by atoms with Crippen molar-refractivity contribution < 1.29 is 18.3 Å². The van der Waals surface area contributed by atoms with Crippen molar-refractivity contribution in [2.24, 2.45) is 0 Å². The molecule has 7 heteroatoms. The molecule has 1 N–H and O–H groups in total. The van der Waals surface area contributed by atoms with E-state index in [0.717, 1.165) is 37.0 Å². The molecule has 180 valence electrons. The number of hydrogen-bond donors (Lipinski definition) is 1. The van der Waals surface area contributed by atoms with Gasteiger partial charge in [0.25, 0.3) is 0 Å². The monoisotopic (exact) mass is 461 g/mol. The first kappa shape index (κ1) is 25.1. The molecule has 0 bridgehead atoms. The number of unbranched alkanes of at least 4 members (excludes halogenated alkanes) is 9. The Balaban J connectivity index is 1.60.